The number of aromatic nitrogens is 4. The third-order valence-electron chi connectivity index (χ3n) is 5.30. The molecule has 7 nitrogen and oxygen atoms in total. The first-order valence-electron chi connectivity index (χ1n) is 10.1. The zero-order chi connectivity index (χ0) is 23.9. The average Bonchev–Trinajstić information content (AvgIpc) is 3.28. The number of nitrogens with one attached hydrogen (secondary N) is 1. The zero-order valence-corrected chi connectivity index (χ0v) is 18.2. The molecule has 5 rings (SSSR count). The van der Waals surface area contributed by atoms with Gasteiger partial charge < -0.3 is 5.32 Å². The van der Waals surface area contributed by atoms with Crippen LogP contribution < -0.4 is 5.32 Å². The molecule has 11 heteroatoms. The van der Waals surface area contributed by atoms with Gasteiger partial charge in [0.05, 0.1) is 16.0 Å². The van der Waals surface area contributed by atoms with Crippen LogP contribution in [0.4, 0.5) is 19.0 Å². The lowest BCUT2D eigenvalue weighted by Gasteiger charge is -2.15. The van der Waals surface area contributed by atoms with E-state index in [1.54, 1.807) is 42.5 Å². The molecule has 0 saturated heterocycles. The summed E-state index contributed by atoms with van der Waals surface area (Å²) in [5, 5.41) is 11.0. The first-order valence-corrected chi connectivity index (χ1v) is 11.6. The Kier molecular flexibility index (Phi) is 5.20. The van der Waals surface area contributed by atoms with E-state index in [0.717, 1.165) is 6.07 Å². The molecule has 0 bridgehead atoms. The van der Waals surface area contributed by atoms with Gasteiger partial charge in [0, 0.05) is 11.9 Å². The molecule has 0 saturated carbocycles. The van der Waals surface area contributed by atoms with Crippen LogP contribution in [0.3, 0.4) is 0 Å². The number of nitrogens with zero attached hydrogens (tertiary/aromatic N) is 4. The van der Waals surface area contributed by atoms with E-state index >= 15 is 0 Å². The van der Waals surface area contributed by atoms with Crippen molar-refractivity contribution in [3.63, 3.8) is 0 Å². The maximum atomic E-state index is 13.4. The van der Waals surface area contributed by atoms with Crippen molar-refractivity contribution in [2.75, 3.05) is 5.32 Å². The van der Waals surface area contributed by atoms with Crippen molar-refractivity contribution in [1.29, 1.82) is 0 Å². The molecule has 0 aliphatic carbocycles. The minimum Gasteiger partial charge on any atom is -0.365 e. The van der Waals surface area contributed by atoms with Gasteiger partial charge >= 0.3 is 6.18 Å². The fourth-order valence-corrected chi connectivity index (χ4v) is 4.95. The molecule has 2 heterocycles. The summed E-state index contributed by atoms with van der Waals surface area (Å²) in [6, 6.07) is 19.9. The summed E-state index contributed by atoms with van der Waals surface area (Å²) in [5.74, 6) is 0.215. The molecular weight excluding hydrogens is 467 g/mol. The van der Waals surface area contributed by atoms with E-state index in [1.165, 1.54) is 34.8 Å². The summed E-state index contributed by atoms with van der Waals surface area (Å²) in [5.41, 5.74) is -0.258. The van der Waals surface area contributed by atoms with Crippen LogP contribution >= 0.6 is 0 Å². The lowest BCUT2D eigenvalue weighted by molar-refractivity contribution is -0.138. The molecule has 0 spiro atoms. The summed E-state index contributed by atoms with van der Waals surface area (Å²) in [6.07, 6.45) is -4.51. The van der Waals surface area contributed by atoms with Gasteiger partial charge in [-0.1, -0.05) is 53.7 Å². The molecule has 0 fully saturated rings. The first-order chi connectivity index (χ1) is 16.3. The molecular formula is C23H16F3N5O2S. The number of rotatable bonds is 5. The Bertz CT molecular complexity index is 1620. The molecule has 1 N–H and O–H groups in total. The third kappa shape index (κ3) is 3.73. The molecule has 0 radical (unpaired) electrons. The maximum absolute atomic E-state index is 13.4. The monoisotopic (exact) mass is 483 g/mol. The van der Waals surface area contributed by atoms with Crippen LogP contribution in [-0.4, -0.2) is 28.2 Å². The molecule has 172 valence electrons. The van der Waals surface area contributed by atoms with Crippen LogP contribution in [0.15, 0.2) is 88.8 Å². The molecule has 3 aromatic carbocycles. The van der Waals surface area contributed by atoms with Gasteiger partial charge in [0.25, 0.3) is 0 Å². The van der Waals surface area contributed by atoms with Crippen molar-refractivity contribution in [3.8, 4) is 0 Å². The van der Waals surface area contributed by atoms with Gasteiger partial charge in [-0.3, -0.25) is 0 Å². The van der Waals surface area contributed by atoms with E-state index in [9.17, 15) is 21.6 Å². The van der Waals surface area contributed by atoms with Crippen LogP contribution in [0.1, 0.15) is 11.1 Å². The second-order valence-electron chi connectivity index (χ2n) is 7.43. The second kappa shape index (κ2) is 8.10. The largest absolute Gasteiger partial charge is 0.416 e. The fourth-order valence-electron chi connectivity index (χ4n) is 3.70. The standard InChI is InChI=1S/C23H16F3N5O2S/c24-23(25,26)18-12-6-4-8-15(18)14-27-20-17-11-5-7-13-19(17)31-21(28-20)22(29-30-31)34(32,33)16-9-2-1-3-10-16/h1-13H,14H2,(H,27,28). The van der Waals surface area contributed by atoms with Crippen molar-refractivity contribution >= 4 is 32.2 Å². The number of fused-ring (bicyclic) bond motifs is 3. The number of anilines is 1. The van der Waals surface area contributed by atoms with Gasteiger partial charge in [0.1, 0.15) is 5.82 Å². The quantitative estimate of drug-likeness (QED) is 0.388. The maximum Gasteiger partial charge on any atom is 0.416 e. The summed E-state index contributed by atoms with van der Waals surface area (Å²) in [4.78, 5) is 4.46. The predicted octanol–water partition coefficient (Wildman–Crippen LogP) is 4.74. The van der Waals surface area contributed by atoms with E-state index in [1.807, 2.05) is 0 Å². The Hall–Kier alpha value is -3.99. The minimum atomic E-state index is -4.51. The molecule has 0 unspecified atom stereocenters. The number of alkyl halides is 3. The Morgan fingerprint density at radius 3 is 2.32 bits per heavy atom. The van der Waals surface area contributed by atoms with E-state index in [2.05, 4.69) is 20.6 Å². The van der Waals surface area contributed by atoms with Crippen LogP contribution in [0.5, 0.6) is 0 Å². The first kappa shape index (κ1) is 21.8. The van der Waals surface area contributed by atoms with Gasteiger partial charge in [-0.25, -0.2) is 13.4 Å². The van der Waals surface area contributed by atoms with E-state index in [0.29, 0.717) is 10.9 Å². The van der Waals surface area contributed by atoms with Crippen molar-refractivity contribution in [3.05, 3.63) is 90.0 Å². The fraction of sp³-hybridized carbons (Fsp3) is 0.0870. The van der Waals surface area contributed by atoms with E-state index in [4.69, 9.17) is 0 Å². The minimum absolute atomic E-state index is 0.0287. The lowest BCUT2D eigenvalue weighted by Crippen LogP contribution is -2.12. The molecule has 34 heavy (non-hydrogen) atoms. The van der Waals surface area contributed by atoms with Gasteiger partial charge in [-0.15, -0.1) is 5.10 Å². The summed E-state index contributed by atoms with van der Waals surface area (Å²) < 4.78 is 67.9. The van der Waals surface area contributed by atoms with Crippen LogP contribution in [0.2, 0.25) is 0 Å². The van der Waals surface area contributed by atoms with Crippen molar-refractivity contribution in [2.45, 2.75) is 22.6 Å². The normalized spacial score (nSPS) is 12.3. The van der Waals surface area contributed by atoms with Crippen LogP contribution in [-0.2, 0) is 22.6 Å². The molecule has 5 aromatic rings. The predicted molar refractivity (Wildman–Crippen MR) is 119 cm³/mol. The molecule has 2 aromatic heterocycles. The number of hydrogen-bond donors (Lipinski definition) is 1. The zero-order valence-electron chi connectivity index (χ0n) is 17.4. The third-order valence-corrected chi connectivity index (χ3v) is 6.97. The van der Waals surface area contributed by atoms with Crippen LogP contribution in [0, 0.1) is 0 Å². The van der Waals surface area contributed by atoms with E-state index < -0.39 is 21.6 Å². The topological polar surface area (TPSA) is 89.2 Å². The molecule has 0 amide bonds. The van der Waals surface area contributed by atoms with Crippen molar-refractivity contribution < 1.29 is 21.6 Å². The number of halogens is 3. The summed E-state index contributed by atoms with van der Waals surface area (Å²) in [7, 11) is -4.03. The lowest BCUT2D eigenvalue weighted by atomic mass is 10.1. The highest BCUT2D eigenvalue weighted by Crippen LogP contribution is 2.33. The highest BCUT2D eigenvalue weighted by molar-refractivity contribution is 7.91. The summed E-state index contributed by atoms with van der Waals surface area (Å²) in [6.45, 7) is -0.175. The number of para-hydroxylation sites is 1. The Balaban J connectivity index is 1.64. The van der Waals surface area contributed by atoms with Crippen LogP contribution in [0.25, 0.3) is 16.6 Å². The van der Waals surface area contributed by atoms with Gasteiger partial charge in [-0.2, -0.15) is 17.7 Å². The molecule has 0 aliphatic heterocycles. The molecule has 0 aliphatic rings. The van der Waals surface area contributed by atoms with Gasteiger partial charge in [0.2, 0.25) is 14.9 Å². The highest BCUT2D eigenvalue weighted by atomic mass is 32.2. The van der Waals surface area contributed by atoms with Gasteiger partial charge in [-0.05, 0) is 35.9 Å². The van der Waals surface area contributed by atoms with Crippen molar-refractivity contribution in [1.82, 2.24) is 19.8 Å². The average molecular weight is 483 g/mol. The number of sulfone groups is 1. The number of benzene rings is 3. The smallest absolute Gasteiger partial charge is 0.365 e. The van der Waals surface area contributed by atoms with E-state index in [-0.39, 0.29) is 33.5 Å². The van der Waals surface area contributed by atoms with Gasteiger partial charge in [0.15, 0.2) is 5.65 Å². The Labute approximate surface area is 191 Å². The second-order valence-corrected chi connectivity index (χ2v) is 9.30. The Morgan fingerprint density at radius 1 is 0.882 bits per heavy atom. The highest BCUT2D eigenvalue weighted by Gasteiger charge is 2.33. The number of hydrogen-bond acceptors (Lipinski definition) is 6. The van der Waals surface area contributed by atoms with Crippen molar-refractivity contribution in [2.24, 2.45) is 0 Å². The SMILES string of the molecule is O=S(=O)(c1ccccc1)c1nnn2c1nc(NCc1ccccc1C(F)(F)F)c1ccccc12. The molecule has 0 atom stereocenters. The Morgan fingerprint density at radius 2 is 1.56 bits per heavy atom. The summed E-state index contributed by atoms with van der Waals surface area (Å²) >= 11 is 0.